The summed E-state index contributed by atoms with van der Waals surface area (Å²) in [5.41, 5.74) is 1.19. The largest absolute Gasteiger partial charge is 0.497 e. The second-order valence-corrected chi connectivity index (χ2v) is 6.82. The van der Waals surface area contributed by atoms with Crippen LogP contribution in [0.15, 0.2) is 41.4 Å². The number of hydrogen-bond acceptors (Lipinski definition) is 4. The average Bonchev–Trinajstić information content (AvgIpc) is 2.71. The molecule has 0 bridgehead atoms. The Kier molecular flexibility index (Phi) is 9.59. The van der Waals surface area contributed by atoms with Gasteiger partial charge in [0.05, 0.1) is 13.7 Å². The third-order valence-corrected chi connectivity index (χ3v) is 4.55. The summed E-state index contributed by atoms with van der Waals surface area (Å²) in [6.45, 7) is 7.22. The van der Waals surface area contributed by atoms with Crippen LogP contribution in [0.1, 0.15) is 18.9 Å². The molecule has 0 radical (unpaired) electrons. The minimum absolute atomic E-state index is 0.640. The molecule has 0 saturated heterocycles. The van der Waals surface area contributed by atoms with Crippen molar-refractivity contribution in [1.82, 2.24) is 15.5 Å². The predicted molar refractivity (Wildman–Crippen MR) is 117 cm³/mol. The Balaban J connectivity index is 1.89. The van der Waals surface area contributed by atoms with Gasteiger partial charge in [-0.1, -0.05) is 18.2 Å². The van der Waals surface area contributed by atoms with Gasteiger partial charge in [-0.15, -0.1) is 0 Å². The van der Waals surface area contributed by atoms with Gasteiger partial charge in [0.1, 0.15) is 5.75 Å². The number of benzene rings is 2. The highest BCUT2D eigenvalue weighted by molar-refractivity contribution is 5.84. The third-order valence-electron chi connectivity index (χ3n) is 4.55. The highest BCUT2D eigenvalue weighted by Crippen LogP contribution is 2.22. The highest BCUT2D eigenvalue weighted by Gasteiger charge is 2.02. The van der Waals surface area contributed by atoms with E-state index in [-0.39, 0.29) is 0 Å². The number of ether oxygens (including phenoxy) is 2. The molecule has 0 aliphatic rings. The second kappa shape index (κ2) is 12.2. The number of fused-ring (bicyclic) bond motifs is 1. The summed E-state index contributed by atoms with van der Waals surface area (Å²) in [5, 5.41) is 9.10. The van der Waals surface area contributed by atoms with Crippen LogP contribution in [0.4, 0.5) is 0 Å². The molecule has 28 heavy (non-hydrogen) atoms. The van der Waals surface area contributed by atoms with Crippen LogP contribution >= 0.6 is 0 Å². The molecule has 0 heterocycles. The summed E-state index contributed by atoms with van der Waals surface area (Å²) in [6, 6.07) is 12.6. The fraction of sp³-hybridized carbons (Fsp3) is 0.500. The molecular formula is C22H34N4O2. The van der Waals surface area contributed by atoms with E-state index in [1.165, 1.54) is 16.3 Å². The fourth-order valence-corrected chi connectivity index (χ4v) is 2.97. The molecule has 2 rings (SSSR count). The zero-order chi connectivity index (χ0) is 20.2. The van der Waals surface area contributed by atoms with Gasteiger partial charge in [-0.05, 0) is 54.9 Å². The van der Waals surface area contributed by atoms with Crippen LogP contribution < -0.4 is 15.4 Å². The van der Waals surface area contributed by atoms with E-state index in [1.807, 2.05) is 6.07 Å². The molecule has 0 saturated carbocycles. The van der Waals surface area contributed by atoms with E-state index >= 15 is 0 Å². The molecule has 0 unspecified atom stereocenters. The van der Waals surface area contributed by atoms with Crippen molar-refractivity contribution in [3.63, 3.8) is 0 Å². The number of guanidine groups is 1. The van der Waals surface area contributed by atoms with Crippen LogP contribution in [0.25, 0.3) is 10.8 Å². The quantitative estimate of drug-likeness (QED) is 0.353. The van der Waals surface area contributed by atoms with Crippen LogP contribution in [0, 0.1) is 0 Å². The van der Waals surface area contributed by atoms with Gasteiger partial charge in [0.15, 0.2) is 5.96 Å². The number of nitrogens with one attached hydrogen (secondary N) is 2. The lowest BCUT2D eigenvalue weighted by atomic mass is 10.1. The van der Waals surface area contributed by atoms with Crippen LogP contribution in [0.5, 0.6) is 5.75 Å². The topological polar surface area (TPSA) is 58.1 Å². The van der Waals surface area contributed by atoms with Crippen LogP contribution in [0.2, 0.25) is 0 Å². The smallest absolute Gasteiger partial charge is 0.191 e. The number of hydrogen-bond donors (Lipinski definition) is 2. The second-order valence-electron chi connectivity index (χ2n) is 6.82. The maximum Gasteiger partial charge on any atom is 0.191 e. The van der Waals surface area contributed by atoms with E-state index in [2.05, 4.69) is 59.8 Å². The van der Waals surface area contributed by atoms with Crippen molar-refractivity contribution < 1.29 is 9.47 Å². The summed E-state index contributed by atoms with van der Waals surface area (Å²) in [5.74, 6) is 1.73. The van der Waals surface area contributed by atoms with Gasteiger partial charge >= 0.3 is 0 Å². The van der Waals surface area contributed by atoms with Crippen LogP contribution in [-0.4, -0.2) is 64.9 Å². The minimum atomic E-state index is 0.640. The molecule has 0 aromatic heterocycles. The van der Waals surface area contributed by atoms with Gasteiger partial charge in [0, 0.05) is 39.9 Å². The zero-order valence-corrected chi connectivity index (χ0v) is 17.6. The number of rotatable bonds is 11. The third kappa shape index (κ3) is 7.37. The van der Waals surface area contributed by atoms with Crippen molar-refractivity contribution in [3.8, 4) is 5.75 Å². The van der Waals surface area contributed by atoms with Gasteiger partial charge in [0.2, 0.25) is 0 Å². The van der Waals surface area contributed by atoms with Crippen LogP contribution in [0.3, 0.4) is 0 Å². The molecule has 0 fully saturated rings. The van der Waals surface area contributed by atoms with Crippen molar-refractivity contribution >= 4 is 16.7 Å². The van der Waals surface area contributed by atoms with Crippen LogP contribution in [-0.2, 0) is 11.3 Å². The minimum Gasteiger partial charge on any atom is -0.497 e. The van der Waals surface area contributed by atoms with Crippen molar-refractivity contribution in [2.24, 2.45) is 4.99 Å². The first-order chi connectivity index (χ1) is 13.7. The normalized spacial score (nSPS) is 11.8. The number of nitrogens with zero attached hydrogens (tertiary/aromatic N) is 2. The van der Waals surface area contributed by atoms with Gasteiger partial charge < -0.3 is 25.0 Å². The summed E-state index contributed by atoms with van der Waals surface area (Å²) >= 11 is 0. The highest BCUT2D eigenvalue weighted by atomic mass is 16.5. The van der Waals surface area contributed by atoms with Gasteiger partial charge in [-0.25, -0.2) is 4.99 Å². The number of likely N-dealkylation sites (N-methyl/N-ethyl adjacent to an activating group) is 1. The Hall–Kier alpha value is -2.31. The Morgan fingerprint density at radius 1 is 1.04 bits per heavy atom. The van der Waals surface area contributed by atoms with E-state index in [1.54, 1.807) is 14.2 Å². The van der Waals surface area contributed by atoms with Gasteiger partial charge in [0.25, 0.3) is 0 Å². The molecule has 0 aliphatic carbocycles. The maximum absolute atomic E-state index is 5.29. The maximum atomic E-state index is 5.29. The molecule has 0 amide bonds. The SMILES string of the molecule is CCNC(=NCc1ccc2cc(OC)ccc2c1)NCCN(C)CCCOC. The Labute approximate surface area is 168 Å². The Morgan fingerprint density at radius 3 is 2.57 bits per heavy atom. The van der Waals surface area contributed by atoms with Crippen molar-refractivity contribution in [2.75, 3.05) is 54.1 Å². The molecule has 154 valence electrons. The standard InChI is InChI=1S/C22H34N4O2/c1-5-23-22(24-11-13-26(2)12-6-14-27-3)25-17-18-7-8-20-16-21(28-4)10-9-19(20)15-18/h7-10,15-16H,5-6,11-14,17H2,1-4H3,(H2,23,24,25). The summed E-state index contributed by atoms with van der Waals surface area (Å²) in [4.78, 5) is 7.03. The van der Waals surface area contributed by atoms with E-state index < -0.39 is 0 Å². The van der Waals surface area contributed by atoms with E-state index in [9.17, 15) is 0 Å². The molecule has 2 aromatic carbocycles. The van der Waals surface area contributed by atoms with E-state index in [0.29, 0.717) is 6.54 Å². The molecule has 0 spiro atoms. The zero-order valence-electron chi connectivity index (χ0n) is 17.6. The molecular weight excluding hydrogens is 352 g/mol. The number of aliphatic imine (C=N–C) groups is 1. The van der Waals surface area contributed by atoms with Crippen molar-refractivity contribution in [2.45, 2.75) is 19.9 Å². The lowest BCUT2D eigenvalue weighted by Crippen LogP contribution is -2.41. The Bertz CT molecular complexity index is 748. The summed E-state index contributed by atoms with van der Waals surface area (Å²) < 4.78 is 10.4. The van der Waals surface area contributed by atoms with Crippen molar-refractivity contribution in [3.05, 3.63) is 42.0 Å². The summed E-state index contributed by atoms with van der Waals surface area (Å²) in [6.07, 6.45) is 1.05. The molecule has 2 N–H and O–H groups in total. The lowest BCUT2D eigenvalue weighted by Gasteiger charge is -2.18. The molecule has 6 heteroatoms. The number of methoxy groups -OCH3 is 2. The predicted octanol–water partition coefficient (Wildman–Crippen LogP) is 2.87. The van der Waals surface area contributed by atoms with Gasteiger partial charge in [-0.2, -0.15) is 0 Å². The van der Waals surface area contributed by atoms with E-state index in [0.717, 1.165) is 50.9 Å². The van der Waals surface area contributed by atoms with E-state index in [4.69, 9.17) is 14.5 Å². The van der Waals surface area contributed by atoms with Crippen molar-refractivity contribution in [1.29, 1.82) is 0 Å². The molecule has 2 aromatic rings. The first kappa shape index (κ1) is 22.0. The summed E-state index contributed by atoms with van der Waals surface area (Å²) in [7, 11) is 5.56. The first-order valence-electron chi connectivity index (χ1n) is 9.92. The molecule has 0 aliphatic heterocycles. The first-order valence-corrected chi connectivity index (χ1v) is 9.92. The average molecular weight is 387 g/mol. The lowest BCUT2D eigenvalue weighted by molar-refractivity contribution is 0.180. The molecule has 0 atom stereocenters. The fourth-order valence-electron chi connectivity index (χ4n) is 2.97. The molecule has 6 nitrogen and oxygen atoms in total. The Morgan fingerprint density at radius 2 is 1.82 bits per heavy atom. The van der Waals surface area contributed by atoms with Gasteiger partial charge in [-0.3, -0.25) is 0 Å². The monoisotopic (exact) mass is 386 g/mol.